The summed E-state index contributed by atoms with van der Waals surface area (Å²) in [4.78, 5) is 11.7. The molecule has 0 aromatic heterocycles. The Balaban J connectivity index is 2.05. The predicted molar refractivity (Wildman–Crippen MR) is 74.5 cm³/mol. The maximum Gasteiger partial charge on any atom is 0.271 e. The number of amides is 1. The molecule has 2 aromatic rings. The number of rotatable bonds is 4. The summed E-state index contributed by atoms with van der Waals surface area (Å²) in [6.45, 7) is 0. The van der Waals surface area contributed by atoms with Crippen molar-refractivity contribution in [3.05, 3.63) is 65.5 Å². The number of carbonyl (C=O) groups is 1. The molecule has 0 unspecified atom stereocenters. The van der Waals surface area contributed by atoms with Crippen LogP contribution in [0.1, 0.15) is 15.9 Å². The molecule has 0 atom stereocenters. The standard InChI is InChI=1S/C15H13FN2O2/c1-20-14-8-3-2-5-12(14)10-17-18-15(19)11-6-4-7-13(16)9-11/h2-10H,1H3,(H,18,19). The molecule has 5 heteroatoms. The number of halogens is 1. The molecule has 1 N–H and O–H groups in total. The van der Waals surface area contributed by atoms with E-state index in [1.54, 1.807) is 19.2 Å². The molecule has 0 saturated carbocycles. The highest BCUT2D eigenvalue weighted by Gasteiger charge is 2.04. The van der Waals surface area contributed by atoms with Gasteiger partial charge in [0.15, 0.2) is 0 Å². The van der Waals surface area contributed by atoms with Crippen LogP contribution in [0.25, 0.3) is 0 Å². The van der Waals surface area contributed by atoms with Gasteiger partial charge in [0.05, 0.1) is 13.3 Å². The summed E-state index contributed by atoms with van der Waals surface area (Å²) < 4.78 is 18.1. The molecule has 102 valence electrons. The molecule has 2 aromatic carbocycles. The molecule has 0 spiro atoms. The first-order valence-electron chi connectivity index (χ1n) is 5.92. The third kappa shape index (κ3) is 3.41. The fourth-order valence-corrected chi connectivity index (χ4v) is 1.63. The van der Waals surface area contributed by atoms with Crippen LogP contribution < -0.4 is 10.2 Å². The van der Waals surface area contributed by atoms with Crippen LogP contribution >= 0.6 is 0 Å². The fraction of sp³-hybridized carbons (Fsp3) is 0.0667. The Bertz CT molecular complexity index is 641. The highest BCUT2D eigenvalue weighted by Crippen LogP contribution is 2.14. The molecule has 4 nitrogen and oxygen atoms in total. The van der Waals surface area contributed by atoms with Gasteiger partial charge in [-0.3, -0.25) is 4.79 Å². The zero-order chi connectivity index (χ0) is 14.4. The normalized spacial score (nSPS) is 10.5. The maximum atomic E-state index is 13.0. The van der Waals surface area contributed by atoms with Gasteiger partial charge in [-0.05, 0) is 30.3 Å². The van der Waals surface area contributed by atoms with Crippen molar-refractivity contribution in [2.24, 2.45) is 5.10 Å². The van der Waals surface area contributed by atoms with Gasteiger partial charge in [-0.2, -0.15) is 5.10 Å². The van der Waals surface area contributed by atoms with Gasteiger partial charge in [0.2, 0.25) is 0 Å². The van der Waals surface area contributed by atoms with Crippen molar-refractivity contribution in [3.63, 3.8) is 0 Å². The second-order valence-electron chi connectivity index (χ2n) is 3.95. The van der Waals surface area contributed by atoms with Gasteiger partial charge in [0.1, 0.15) is 11.6 Å². The molecular formula is C15H13FN2O2. The summed E-state index contributed by atoms with van der Waals surface area (Å²) in [5, 5.41) is 3.83. The van der Waals surface area contributed by atoms with Crippen LogP contribution in [-0.4, -0.2) is 19.2 Å². The minimum absolute atomic E-state index is 0.210. The number of ether oxygens (including phenoxy) is 1. The summed E-state index contributed by atoms with van der Waals surface area (Å²) in [6.07, 6.45) is 1.47. The summed E-state index contributed by atoms with van der Waals surface area (Å²) in [6, 6.07) is 12.7. The minimum atomic E-state index is -0.476. The lowest BCUT2D eigenvalue weighted by molar-refractivity contribution is 0.0954. The minimum Gasteiger partial charge on any atom is -0.496 e. The second-order valence-corrected chi connectivity index (χ2v) is 3.95. The fourth-order valence-electron chi connectivity index (χ4n) is 1.63. The number of hydrogen-bond donors (Lipinski definition) is 1. The highest BCUT2D eigenvalue weighted by molar-refractivity contribution is 5.95. The summed E-state index contributed by atoms with van der Waals surface area (Å²) in [5.41, 5.74) is 3.28. The zero-order valence-electron chi connectivity index (χ0n) is 10.8. The summed E-state index contributed by atoms with van der Waals surface area (Å²) in [7, 11) is 1.55. The van der Waals surface area contributed by atoms with Gasteiger partial charge < -0.3 is 4.74 Å². The van der Waals surface area contributed by atoms with Crippen molar-refractivity contribution in [2.45, 2.75) is 0 Å². The molecule has 0 aliphatic rings. The van der Waals surface area contributed by atoms with Crippen LogP contribution in [-0.2, 0) is 0 Å². The lowest BCUT2D eigenvalue weighted by Gasteiger charge is -2.03. The topological polar surface area (TPSA) is 50.7 Å². The van der Waals surface area contributed by atoms with E-state index in [1.165, 1.54) is 24.4 Å². The summed E-state index contributed by atoms with van der Waals surface area (Å²) in [5.74, 6) is -0.293. The maximum absolute atomic E-state index is 13.0. The van der Waals surface area contributed by atoms with Gasteiger partial charge in [0, 0.05) is 11.1 Å². The van der Waals surface area contributed by atoms with Gasteiger partial charge in [0.25, 0.3) is 5.91 Å². The number of methoxy groups -OCH3 is 1. The van der Waals surface area contributed by atoms with Crippen molar-refractivity contribution >= 4 is 12.1 Å². The number of hydrogen-bond acceptors (Lipinski definition) is 3. The van der Waals surface area contributed by atoms with E-state index in [4.69, 9.17) is 4.74 Å². The van der Waals surface area contributed by atoms with Crippen molar-refractivity contribution in [1.82, 2.24) is 5.43 Å². The molecule has 0 saturated heterocycles. The van der Waals surface area contributed by atoms with Crippen LogP contribution in [0.4, 0.5) is 4.39 Å². The monoisotopic (exact) mass is 272 g/mol. The number of hydrazone groups is 1. The third-order valence-corrected chi connectivity index (χ3v) is 2.60. The first kappa shape index (κ1) is 13.7. The SMILES string of the molecule is COc1ccccc1C=NNC(=O)c1cccc(F)c1. The number of benzene rings is 2. The number of nitrogens with zero attached hydrogens (tertiary/aromatic N) is 1. The Hall–Kier alpha value is -2.69. The van der Waals surface area contributed by atoms with Crippen LogP contribution in [0.15, 0.2) is 53.6 Å². The smallest absolute Gasteiger partial charge is 0.271 e. The Morgan fingerprint density at radius 3 is 2.80 bits per heavy atom. The van der Waals surface area contributed by atoms with Gasteiger partial charge in [-0.1, -0.05) is 18.2 Å². The van der Waals surface area contributed by atoms with Crippen LogP contribution in [0.3, 0.4) is 0 Å². The molecule has 2 rings (SSSR count). The molecule has 0 aliphatic carbocycles. The van der Waals surface area contributed by atoms with E-state index in [0.717, 1.165) is 11.6 Å². The van der Waals surface area contributed by atoms with Crippen LogP contribution in [0, 0.1) is 5.82 Å². The van der Waals surface area contributed by atoms with E-state index in [1.807, 2.05) is 12.1 Å². The Labute approximate surface area is 115 Å². The Morgan fingerprint density at radius 1 is 1.25 bits per heavy atom. The Morgan fingerprint density at radius 2 is 2.05 bits per heavy atom. The lowest BCUT2D eigenvalue weighted by Crippen LogP contribution is -2.17. The van der Waals surface area contributed by atoms with Crippen molar-refractivity contribution in [2.75, 3.05) is 7.11 Å². The average molecular weight is 272 g/mol. The number of para-hydroxylation sites is 1. The van der Waals surface area contributed by atoms with E-state index < -0.39 is 11.7 Å². The van der Waals surface area contributed by atoms with Crippen molar-refractivity contribution < 1.29 is 13.9 Å². The van der Waals surface area contributed by atoms with Crippen LogP contribution in [0.5, 0.6) is 5.75 Å². The van der Waals surface area contributed by atoms with Gasteiger partial charge >= 0.3 is 0 Å². The van der Waals surface area contributed by atoms with Crippen LogP contribution in [0.2, 0.25) is 0 Å². The average Bonchev–Trinajstić information content (AvgIpc) is 2.47. The summed E-state index contributed by atoms with van der Waals surface area (Å²) >= 11 is 0. The van der Waals surface area contributed by atoms with Crippen molar-refractivity contribution in [1.29, 1.82) is 0 Å². The quantitative estimate of drug-likeness (QED) is 0.687. The molecule has 0 fully saturated rings. The molecule has 1 amide bonds. The predicted octanol–water partition coefficient (Wildman–Crippen LogP) is 2.60. The molecule has 0 radical (unpaired) electrons. The molecule has 20 heavy (non-hydrogen) atoms. The van der Waals surface area contributed by atoms with E-state index in [9.17, 15) is 9.18 Å². The number of carbonyl (C=O) groups excluding carboxylic acids is 1. The van der Waals surface area contributed by atoms with E-state index in [0.29, 0.717) is 5.75 Å². The first-order chi connectivity index (χ1) is 9.70. The molecule has 0 bridgehead atoms. The molecular weight excluding hydrogens is 259 g/mol. The van der Waals surface area contributed by atoms with E-state index in [-0.39, 0.29) is 5.56 Å². The Kier molecular flexibility index (Phi) is 4.44. The number of nitrogens with one attached hydrogen (secondary N) is 1. The molecule has 0 aliphatic heterocycles. The highest BCUT2D eigenvalue weighted by atomic mass is 19.1. The molecule has 0 heterocycles. The van der Waals surface area contributed by atoms with E-state index >= 15 is 0 Å². The zero-order valence-corrected chi connectivity index (χ0v) is 10.8. The first-order valence-corrected chi connectivity index (χ1v) is 5.92. The second kappa shape index (κ2) is 6.47. The third-order valence-electron chi connectivity index (χ3n) is 2.60. The largest absolute Gasteiger partial charge is 0.496 e. The van der Waals surface area contributed by atoms with Gasteiger partial charge in [-0.25, -0.2) is 9.82 Å². The van der Waals surface area contributed by atoms with Gasteiger partial charge in [-0.15, -0.1) is 0 Å². The lowest BCUT2D eigenvalue weighted by atomic mass is 10.2. The van der Waals surface area contributed by atoms with Crippen molar-refractivity contribution in [3.8, 4) is 5.75 Å². The van der Waals surface area contributed by atoms with E-state index in [2.05, 4.69) is 10.5 Å².